The fourth-order valence-corrected chi connectivity index (χ4v) is 4.40. The maximum atomic E-state index is 12.6. The summed E-state index contributed by atoms with van der Waals surface area (Å²) in [6, 6.07) is 7.46. The van der Waals surface area contributed by atoms with E-state index in [-0.39, 0.29) is 17.3 Å². The molecule has 0 radical (unpaired) electrons. The number of rotatable bonds is 7. The van der Waals surface area contributed by atoms with Crippen LogP contribution in [0.15, 0.2) is 38.6 Å². The van der Waals surface area contributed by atoms with E-state index in [1.165, 1.54) is 11.8 Å². The Hall–Kier alpha value is -1.64. The molecule has 1 heterocycles. The van der Waals surface area contributed by atoms with Crippen molar-refractivity contribution in [1.29, 1.82) is 0 Å². The summed E-state index contributed by atoms with van der Waals surface area (Å²) in [5, 5.41) is 3.60. The van der Waals surface area contributed by atoms with Crippen LogP contribution in [0, 0.1) is 0 Å². The van der Waals surface area contributed by atoms with Gasteiger partial charge in [0.25, 0.3) is 0 Å². The molecule has 28 heavy (non-hydrogen) atoms. The number of hydrogen-bond donors (Lipinski definition) is 1. The van der Waals surface area contributed by atoms with Gasteiger partial charge in [-0.2, -0.15) is 4.98 Å². The molecule has 2 aromatic rings. The van der Waals surface area contributed by atoms with Crippen molar-refractivity contribution in [3.63, 3.8) is 0 Å². The summed E-state index contributed by atoms with van der Waals surface area (Å²) in [6.07, 6.45) is 4.01. The number of nitrogens with one attached hydrogen (secondary N) is 1. The number of anilines is 1. The van der Waals surface area contributed by atoms with E-state index < -0.39 is 0 Å². The minimum atomic E-state index is -0.210. The number of halogens is 1. The summed E-state index contributed by atoms with van der Waals surface area (Å²) >= 11 is 4.74. The fourth-order valence-electron chi connectivity index (χ4n) is 3.26. The zero-order valence-corrected chi connectivity index (χ0v) is 18.6. The van der Waals surface area contributed by atoms with Gasteiger partial charge in [-0.05, 0) is 64.0 Å². The molecule has 150 valence electrons. The standard InChI is InChI=1S/C20H25BrN4O2S/c1-24(2)11-12-25-17-6-4-3-5-16(17)19(23-20(25)27)28-13-18(26)22-15-9-7-14(21)8-10-15/h7-10H,3-6,11-13H2,1-2H3,(H,22,26). The van der Waals surface area contributed by atoms with Crippen molar-refractivity contribution in [3.05, 3.63) is 50.5 Å². The third kappa shape index (κ3) is 5.46. The Morgan fingerprint density at radius 2 is 1.96 bits per heavy atom. The van der Waals surface area contributed by atoms with Gasteiger partial charge in [-0.3, -0.25) is 9.36 Å². The number of likely N-dealkylation sites (N-methyl/N-ethyl adjacent to an activating group) is 1. The first-order chi connectivity index (χ1) is 13.4. The number of fused-ring (bicyclic) bond motifs is 1. The normalized spacial score (nSPS) is 13.4. The summed E-state index contributed by atoms with van der Waals surface area (Å²) in [5.41, 5.74) is 2.79. The highest BCUT2D eigenvalue weighted by Gasteiger charge is 2.21. The summed E-state index contributed by atoms with van der Waals surface area (Å²) in [4.78, 5) is 31.3. The van der Waals surface area contributed by atoms with Crippen LogP contribution < -0.4 is 11.0 Å². The lowest BCUT2D eigenvalue weighted by molar-refractivity contribution is -0.113. The van der Waals surface area contributed by atoms with E-state index >= 15 is 0 Å². The van der Waals surface area contributed by atoms with E-state index in [0.29, 0.717) is 11.6 Å². The Kier molecular flexibility index (Phi) is 7.31. The van der Waals surface area contributed by atoms with Gasteiger partial charge < -0.3 is 10.2 Å². The Balaban J connectivity index is 1.73. The lowest BCUT2D eigenvalue weighted by atomic mass is 9.97. The second-order valence-corrected chi connectivity index (χ2v) is 9.01. The highest BCUT2D eigenvalue weighted by Crippen LogP contribution is 2.28. The molecule has 0 aliphatic heterocycles. The molecule has 1 aromatic heterocycles. The predicted molar refractivity (Wildman–Crippen MR) is 117 cm³/mol. The van der Waals surface area contributed by atoms with Crippen molar-refractivity contribution in [3.8, 4) is 0 Å². The molecule has 1 amide bonds. The average Bonchev–Trinajstić information content (AvgIpc) is 2.67. The van der Waals surface area contributed by atoms with Gasteiger partial charge in [0.2, 0.25) is 5.91 Å². The van der Waals surface area contributed by atoms with E-state index in [4.69, 9.17) is 0 Å². The zero-order valence-electron chi connectivity index (χ0n) is 16.2. The molecule has 8 heteroatoms. The number of carbonyl (C=O) groups is 1. The highest BCUT2D eigenvalue weighted by molar-refractivity contribution is 9.10. The molecule has 0 unspecified atom stereocenters. The van der Waals surface area contributed by atoms with Gasteiger partial charge in [0.1, 0.15) is 5.03 Å². The monoisotopic (exact) mass is 464 g/mol. The zero-order chi connectivity index (χ0) is 20.1. The van der Waals surface area contributed by atoms with Crippen LogP contribution >= 0.6 is 27.7 Å². The van der Waals surface area contributed by atoms with E-state index in [1.54, 1.807) is 0 Å². The summed E-state index contributed by atoms with van der Waals surface area (Å²) in [7, 11) is 4.00. The second-order valence-electron chi connectivity index (χ2n) is 7.13. The van der Waals surface area contributed by atoms with Crippen LogP contribution in [0.25, 0.3) is 0 Å². The third-order valence-corrected chi connectivity index (χ3v) is 6.24. The van der Waals surface area contributed by atoms with Crippen LogP contribution in [0.3, 0.4) is 0 Å². The van der Waals surface area contributed by atoms with Gasteiger partial charge >= 0.3 is 5.69 Å². The summed E-state index contributed by atoms with van der Waals surface area (Å²) in [6.45, 7) is 1.45. The van der Waals surface area contributed by atoms with Crippen LogP contribution in [0.5, 0.6) is 0 Å². The van der Waals surface area contributed by atoms with E-state index in [2.05, 4.69) is 31.1 Å². The SMILES string of the molecule is CN(C)CCn1c2c(c(SCC(=O)Nc3ccc(Br)cc3)nc1=O)CCCC2. The minimum absolute atomic E-state index is 0.101. The molecule has 0 saturated carbocycles. The smallest absolute Gasteiger partial charge is 0.325 e. The van der Waals surface area contributed by atoms with Gasteiger partial charge in [0.05, 0.1) is 5.75 Å². The minimum Gasteiger partial charge on any atom is -0.325 e. The molecule has 0 saturated heterocycles. The Morgan fingerprint density at radius 1 is 1.25 bits per heavy atom. The Bertz CT molecular complexity index is 896. The molecule has 1 aliphatic rings. The number of amides is 1. The topological polar surface area (TPSA) is 67.2 Å². The maximum Gasteiger partial charge on any atom is 0.348 e. The molecule has 3 rings (SSSR count). The number of thioether (sulfide) groups is 1. The fraction of sp³-hybridized carbons (Fsp3) is 0.450. The maximum absolute atomic E-state index is 12.6. The van der Waals surface area contributed by atoms with Gasteiger partial charge in [-0.1, -0.05) is 27.7 Å². The quantitative estimate of drug-likeness (QED) is 0.503. The van der Waals surface area contributed by atoms with Crippen molar-refractivity contribution in [2.24, 2.45) is 0 Å². The molecule has 0 spiro atoms. The van der Waals surface area contributed by atoms with Crippen LogP contribution in [0.4, 0.5) is 5.69 Å². The Morgan fingerprint density at radius 3 is 2.68 bits per heavy atom. The van der Waals surface area contributed by atoms with E-state index in [1.807, 2.05) is 42.9 Å². The molecular weight excluding hydrogens is 440 g/mol. The molecule has 0 fully saturated rings. The van der Waals surface area contributed by atoms with Crippen LogP contribution in [0.2, 0.25) is 0 Å². The van der Waals surface area contributed by atoms with E-state index in [0.717, 1.165) is 53.6 Å². The van der Waals surface area contributed by atoms with Crippen molar-refractivity contribution in [2.75, 3.05) is 31.7 Å². The van der Waals surface area contributed by atoms with Gasteiger partial charge in [0.15, 0.2) is 0 Å². The first-order valence-electron chi connectivity index (χ1n) is 9.39. The molecule has 1 aromatic carbocycles. The van der Waals surface area contributed by atoms with Crippen LogP contribution in [0.1, 0.15) is 24.1 Å². The molecule has 1 N–H and O–H groups in total. The van der Waals surface area contributed by atoms with Crippen molar-refractivity contribution in [1.82, 2.24) is 14.5 Å². The third-order valence-electron chi connectivity index (χ3n) is 4.69. The number of nitrogens with zero attached hydrogens (tertiary/aromatic N) is 3. The van der Waals surface area contributed by atoms with Crippen molar-refractivity contribution >= 4 is 39.3 Å². The molecule has 0 bridgehead atoms. The molecule has 1 aliphatic carbocycles. The van der Waals surface area contributed by atoms with Crippen molar-refractivity contribution in [2.45, 2.75) is 37.3 Å². The predicted octanol–water partition coefficient (Wildman–Crippen LogP) is 3.18. The summed E-state index contributed by atoms with van der Waals surface area (Å²) in [5.74, 6) is 0.131. The number of aromatic nitrogens is 2. The van der Waals surface area contributed by atoms with Gasteiger partial charge in [0, 0.05) is 34.5 Å². The van der Waals surface area contributed by atoms with Crippen LogP contribution in [-0.4, -0.2) is 46.8 Å². The van der Waals surface area contributed by atoms with Crippen LogP contribution in [-0.2, 0) is 24.2 Å². The van der Waals surface area contributed by atoms with Gasteiger partial charge in [-0.15, -0.1) is 0 Å². The molecular formula is C20H25BrN4O2S. The molecule has 6 nitrogen and oxygen atoms in total. The molecule has 0 atom stereocenters. The lowest BCUT2D eigenvalue weighted by Gasteiger charge is -2.23. The number of carbonyl (C=O) groups excluding carboxylic acids is 1. The first-order valence-corrected chi connectivity index (χ1v) is 11.2. The van der Waals surface area contributed by atoms with Crippen molar-refractivity contribution < 1.29 is 4.79 Å². The number of benzene rings is 1. The second kappa shape index (κ2) is 9.71. The Labute approximate surface area is 177 Å². The largest absolute Gasteiger partial charge is 0.348 e. The van der Waals surface area contributed by atoms with E-state index in [9.17, 15) is 9.59 Å². The first kappa shape index (κ1) is 21.1. The lowest BCUT2D eigenvalue weighted by Crippen LogP contribution is -2.33. The summed E-state index contributed by atoms with van der Waals surface area (Å²) < 4.78 is 2.78. The highest BCUT2D eigenvalue weighted by atomic mass is 79.9. The van der Waals surface area contributed by atoms with Gasteiger partial charge in [-0.25, -0.2) is 4.79 Å². The average molecular weight is 465 g/mol. The number of hydrogen-bond acceptors (Lipinski definition) is 5.